The maximum absolute atomic E-state index is 9.67. The van der Waals surface area contributed by atoms with Gasteiger partial charge in [-0.05, 0) is 97.6 Å². The van der Waals surface area contributed by atoms with E-state index in [1.807, 2.05) is 30.3 Å². The van der Waals surface area contributed by atoms with Crippen molar-refractivity contribution in [3.05, 3.63) is 238 Å². The highest BCUT2D eigenvalue weighted by molar-refractivity contribution is 6.16. The van der Waals surface area contributed by atoms with Crippen LogP contribution in [0.25, 0.3) is 33.4 Å². The van der Waals surface area contributed by atoms with Crippen molar-refractivity contribution in [1.82, 2.24) is 5.32 Å². The highest BCUT2D eigenvalue weighted by Gasteiger charge is 2.51. The number of nitriles is 1. The van der Waals surface area contributed by atoms with Crippen LogP contribution >= 0.6 is 0 Å². The van der Waals surface area contributed by atoms with Crippen LogP contribution in [0.1, 0.15) is 75.6 Å². The van der Waals surface area contributed by atoms with E-state index in [2.05, 4.69) is 177 Å². The van der Waals surface area contributed by atoms with E-state index in [1.54, 1.807) is 0 Å². The van der Waals surface area contributed by atoms with E-state index in [1.165, 1.54) is 38.9 Å². The van der Waals surface area contributed by atoms with Gasteiger partial charge in [0.25, 0.3) is 0 Å². The summed E-state index contributed by atoms with van der Waals surface area (Å²) in [6, 6.07) is 66.6. The van der Waals surface area contributed by atoms with Gasteiger partial charge in [0.15, 0.2) is 5.84 Å². The molecule has 0 bridgehead atoms. The van der Waals surface area contributed by atoms with Crippen LogP contribution in [0.4, 0.5) is 0 Å². The second-order valence-corrected chi connectivity index (χ2v) is 16.8. The number of benzene rings is 8. The molecule has 1 atom stereocenters. The molecule has 0 radical (unpaired) electrons. The van der Waals surface area contributed by atoms with Gasteiger partial charge in [0.05, 0.1) is 17.0 Å². The first-order valence-electron chi connectivity index (χ1n) is 20.8. The van der Waals surface area contributed by atoms with Crippen molar-refractivity contribution in [3.63, 3.8) is 0 Å². The van der Waals surface area contributed by atoms with Crippen molar-refractivity contribution < 1.29 is 4.74 Å². The zero-order valence-electron chi connectivity index (χ0n) is 33.6. The molecule has 1 spiro atoms. The Hall–Kier alpha value is -7.81. The summed E-state index contributed by atoms with van der Waals surface area (Å²) in [6.07, 6.45) is -0.365. The maximum Gasteiger partial charge on any atom is 0.160 e. The molecule has 2 aliphatic heterocycles. The Morgan fingerprint density at radius 1 is 0.525 bits per heavy atom. The number of amidine groups is 2. The van der Waals surface area contributed by atoms with Gasteiger partial charge in [-0.1, -0.05) is 159 Å². The summed E-state index contributed by atoms with van der Waals surface area (Å²) in [7, 11) is 0. The van der Waals surface area contributed by atoms with E-state index in [0.717, 1.165) is 61.8 Å². The Morgan fingerprint density at radius 3 is 1.90 bits per heavy atom. The van der Waals surface area contributed by atoms with Gasteiger partial charge in [0.2, 0.25) is 0 Å². The van der Waals surface area contributed by atoms with E-state index in [0.29, 0.717) is 11.4 Å². The molecule has 1 N–H and O–H groups in total. The number of nitrogens with zero attached hydrogens (tertiary/aromatic N) is 3. The van der Waals surface area contributed by atoms with Gasteiger partial charge in [-0.15, -0.1) is 0 Å². The van der Waals surface area contributed by atoms with Crippen molar-refractivity contribution in [2.24, 2.45) is 9.98 Å². The molecule has 2 aliphatic carbocycles. The van der Waals surface area contributed by atoms with E-state index in [9.17, 15) is 5.26 Å². The zero-order valence-corrected chi connectivity index (χ0v) is 33.6. The Bertz CT molecular complexity index is 3210. The quantitative estimate of drug-likeness (QED) is 0.193. The minimum atomic E-state index is -0.593. The van der Waals surface area contributed by atoms with E-state index >= 15 is 0 Å². The van der Waals surface area contributed by atoms with Crippen LogP contribution in [0.2, 0.25) is 0 Å². The summed E-state index contributed by atoms with van der Waals surface area (Å²) in [4.78, 5) is 10.8. The fourth-order valence-corrected chi connectivity index (χ4v) is 10.4. The first-order valence-corrected chi connectivity index (χ1v) is 20.8. The van der Waals surface area contributed by atoms with Crippen LogP contribution in [-0.2, 0) is 10.8 Å². The van der Waals surface area contributed by atoms with Crippen LogP contribution < -0.4 is 10.1 Å². The molecule has 0 fully saturated rings. The normalized spacial score (nSPS) is 16.6. The van der Waals surface area contributed by atoms with Gasteiger partial charge in [-0.25, -0.2) is 9.98 Å². The van der Waals surface area contributed by atoms with Gasteiger partial charge in [0.1, 0.15) is 23.5 Å². The average molecular weight is 783 g/mol. The molecule has 5 nitrogen and oxygen atoms in total. The average Bonchev–Trinajstić information content (AvgIpc) is 3.74. The van der Waals surface area contributed by atoms with Gasteiger partial charge >= 0.3 is 0 Å². The number of hydrogen-bond donors (Lipinski definition) is 1. The molecule has 61 heavy (non-hydrogen) atoms. The Morgan fingerprint density at radius 2 is 1.13 bits per heavy atom. The third-order valence-corrected chi connectivity index (χ3v) is 13.2. The second-order valence-electron chi connectivity index (χ2n) is 16.8. The molecule has 5 heteroatoms. The van der Waals surface area contributed by atoms with Crippen LogP contribution in [0, 0.1) is 11.3 Å². The van der Waals surface area contributed by atoms with Gasteiger partial charge < -0.3 is 10.1 Å². The third kappa shape index (κ3) is 5.06. The summed E-state index contributed by atoms with van der Waals surface area (Å²) < 4.78 is 6.60. The van der Waals surface area contributed by atoms with Crippen LogP contribution in [0.3, 0.4) is 0 Å². The lowest BCUT2D eigenvalue weighted by Gasteiger charge is -2.39. The largest absolute Gasteiger partial charge is 0.457 e. The van der Waals surface area contributed by atoms with E-state index in [4.69, 9.17) is 14.7 Å². The van der Waals surface area contributed by atoms with Crippen molar-refractivity contribution in [1.29, 1.82) is 5.26 Å². The summed E-state index contributed by atoms with van der Waals surface area (Å²) in [5.41, 5.74) is 16.9. The van der Waals surface area contributed by atoms with Crippen molar-refractivity contribution in [2.75, 3.05) is 0 Å². The highest BCUT2D eigenvalue weighted by atomic mass is 16.5. The molecule has 0 saturated carbocycles. The monoisotopic (exact) mass is 782 g/mol. The maximum atomic E-state index is 9.67. The standard InChI is InChI=1S/C56H38N4O/c1-55(2)47-30-34(33-57)26-28-39(47)40-29-27-37(32-48(40)55)36-16-12-17-38(31-36)53-58-52(35-14-4-3-5-15-35)59-54(60-53)42-19-13-23-46-51(42)41-18-6-7-20-43(41)56(46)44-21-8-10-24-49(44)61-50-25-11-9-22-45(50)56/h3-32,52H,1-2H3,(H,58,59,60). The number of hydrogen-bond acceptors (Lipinski definition) is 5. The van der Waals surface area contributed by atoms with Crippen LogP contribution in [-0.4, -0.2) is 11.7 Å². The molecule has 8 aromatic carbocycles. The van der Waals surface area contributed by atoms with Gasteiger partial charge in [-0.2, -0.15) is 5.26 Å². The summed E-state index contributed by atoms with van der Waals surface area (Å²) >= 11 is 0. The lowest BCUT2D eigenvalue weighted by atomic mass is 9.66. The number of para-hydroxylation sites is 2. The van der Waals surface area contributed by atoms with Gasteiger partial charge in [0, 0.05) is 27.7 Å². The molecule has 0 aromatic heterocycles. The van der Waals surface area contributed by atoms with E-state index < -0.39 is 5.41 Å². The van der Waals surface area contributed by atoms with Gasteiger partial charge in [-0.3, -0.25) is 0 Å². The Balaban J connectivity index is 1.02. The summed E-state index contributed by atoms with van der Waals surface area (Å²) in [6.45, 7) is 4.51. The number of rotatable bonds is 4. The zero-order chi connectivity index (χ0) is 40.9. The fourth-order valence-electron chi connectivity index (χ4n) is 10.4. The molecular weight excluding hydrogens is 745 g/mol. The minimum absolute atomic E-state index is 0.240. The lowest BCUT2D eigenvalue weighted by molar-refractivity contribution is 0.436. The van der Waals surface area contributed by atoms with Crippen molar-refractivity contribution in [3.8, 4) is 50.9 Å². The molecule has 2 heterocycles. The molecule has 12 rings (SSSR count). The van der Waals surface area contributed by atoms with Crippen LogP contribution in [0.15, 0.2) is 192 Å². The second kappa shape index (κ2) is 13.1. The molecule has 1 unspecified atom stereocenters. The number of fused-ring (bicyclic) bond motifs is 12. The number of ether oxygens (including phenoxy) is 1. The molecule has 4 aliphatic rings. The van der Waals surface area contributed by atoms with Crippen molar-refractivity contribution in [2.45, 2.75) is 30.8 Å². The predicted octanol–water partition coefficient (Wildman–Crippen LogP) is 12.5. The van der Waals surface area contributed by atoms with Crippen molar-refractivity contribution >= 4 is 11.7 Å². The number of aliphatic imine (C=N–C) groups is 2. The number of nitrogens with one attached hydrogen (secondary N) is 1. The van der Waals surface area contributed by atoms with E-state index in [-0.39, 0.29) is 11.6 Å². The predicted molar refractivity (Wildman–Crippen MR) is 243 cm³/mol. The fraction of sp³-hybridized carbons (Fsp3) is 0.0893. The topological polar surface area (TPSA) is 69.8 Å². The van der Waals surface area contributed by atoms with Crippen LogP contribution in [0.5, 0.6) is 11.5 Å². The Labute approximate surface area is 355 Å². The summed E-state index contributed by atoms with van der Waals surface area (Å²) in [5.74, 6) is 3.17. The Kier molecular flexibility index (Phi) is 7.55. The molecule has 0 amide bonds. The first kappa shape index (κ1) is 35.2. The smallest absolute Gasteiger partial charge is 0.160 e. The SMILES string of the molecule is CC1(C)c2cc(C#N)ccc2-c2ccc(-c3cccc(C4=NC(c5cccc6c5-c5ccccc5C65c6ccccc6Oc6ccccc65)=NC(c5ccccc5)N4)c3)cc21. The third-order valence-electron chi connectivity index (χ3n) is 13.2. The minimum Gasteiger partial charge on any atom is -0.457 e. The summed E-state index contributed by atoms with van der Waals surface area (Å²) in [5, 5.41) is 13.4. The molecular formula is C56H38N4O. The lowest BCUT2D eigenvalue weighted by Crippen LogP contribution is -2.34. The molecule has 0 saturated heterocycles. The molecule has 288 valence electrons. The first-order chi connectivity index (χ1) is 29.9. The highest BCUT2D eigenvalue weighted by Crippen LogP contribution is 2.62. The molecule has 8 aromatic rings.